The first-order valence-corrected chi connectivity index (χ1v) is 13.5. The van der Waals surface area contributed by atoms with Gasteiger partial charge in [0.25, 0.3) is 17.7 Å². The van der Waals surface area contributed by atoms with Gasteiger partial charge in [0.1, 0.15) is 11.5 Å². The monoisotopic (exact) mass is 602 g/mol. The molecule has 2 amide bonds. The van der Waals surface area contributed by atoms with Crippen molar-refractivity contribution in [1.29, 1.82) is 0 Å². The normalized spacial score (nSPS) is 24.9. The highest BCUT2D eigenvalue weighted by molar-refractivity contribution is 6.30. The average Bonchev–Trinajstić information content (AvgIpc) is 3.41. The van der Waals surface area contributed by atoms with Crippen LogP contribution in [0.4, 0.5) is 27.8 Å². The molecule has 0 spiro atoms. The van der Waals surface area contributed by atoms with Crippen LogP contribution in [0.5, 0.6) is 11.5 Å². The Balaban J connectivity index is 1.40. The van der Waals surface area contributed by atoms with Crippen molar-refractivity contribution in [2.45, 2.75) is 88.0 Å². The van der Waals surface area contributed by atoms with E-state index < -0.39 is 53.6 Å². The maximum Gasteiger partial charge on any atom is 0.573 e. The number of carbonyl (C=O) groups excluding carboxylic acids is 2. The summed E-state index contributed by atoms with van der Waals surface area (Å²) in [5.74, 6) is -5.04. The predicted octanol–water partition coefficient (Wildman–Crippen LogP) is 5.59. The quantitative estimate of drug-likeness (QED) is 0.383. The summed E-state index contributed by atoms with van der Waals surface area (Å²) in [7, 11) is 0. The number of piperidine rings is 1. The van der Waals surface area contributed by atoms with Crippen LogP contribution in [0, 0.1) is 0 Å². The zero-order valence-electron chi connectivity index (χ0n) is 22.2. The lowest BCUT2D eigenvalue weighted by Gasteiger charge is -2.47. The highest BCUT2D eigenvalue weighted by atomic mass is 35.5. The van der Waals surface area contributed by atoms with Crippen molar-refractivity contribution in [1.82, 2.24) is 15.6 Å². The standard InChI is InChI=1S/C27H28ClF5N4O4/c1-24(2,40-18-8-7-15(28)13-19(18)41-27(31,32)33)23(39)36-25-10-3-5-16(9-11-25)37(25)21-17(6-4-12-34-21)22(38)35-20-14-26(20,29)30/h4,6-8,12-13,16,20H,3,5,9-11,14H2,1-2H3,(H,35,38)(H,36,39). The van der Waals surface area contributed by atoms with E-state index >= 15 is 0 Å². The molecule has 2 aromatic rings. The zero-order chi connectivity index (χ0) is 29.8. The minimum absolute atomic E-state index is 0.0202. The second kappa shape index (κ2) is 10.2. The molecule has 1 aliphatic carbocycles. The highest BCUT2D eigenvalue weighted by Crippen LogP contribution is 2.47. The van der Waals surface area contributed by atoms with Crippen molar-refractivity contribution in [2.24, 2.45) is 0 Å². The van der Waals surface area contributed by atoms with E-state index in [4.69, 9.17) is 16.3 Å². The fourth-order valence-corrected chi connectivity index (χ4v) is 5.70. The van der Waals surface area contributed by atoms with Gasteiger partial charge < -0.3 is 25.0 Å². The van der Waals surface area contributed by atoms with E-state index in [9.17, 15) is 31.5 Å². The number of benzene rings is 1. The molecule has 41 heavy (non-hydrogen) atoms. The summed E-state index contributed by atoms with van der Waals surface area (Å²) in [6.45, 7) is 2.81. The number of anilines is 1. The van der Waals surface area contributed by atoms with Crippen LogP contribution in [0.2, 0.25) is 5.02 Å². The summed E-state index contributed by atoms with van der Waals surface area (Å²) in [5, 5.41) is 5.36. The van der Waals surface area contributed by atoms with Crippen LogP contribution in [-0.4, -0.2) is 52.4 Å². The summed E-state index contributed by atoms with van der Waals surface area (Å²) in [6.07, 6.45) is -0.784. The molecule has 3 heterocycles. The van der Waals surface area contributed by atoms with Crippen LogP contribution in [0.1, 0.15) is 62.7 Å². The molecule has 2 bridgehead atoms. The number of hydrogen-bond donors (Lipinski definition) is 2. The van der Waals surface area contributed by atoms with Crippen LogP contribution in [0.15, 0.2) is 36.5 Å². The molecule has 2 aliphatic heterocycles. The molecule has 3 atom stereocenters. The van der Waals surface area contributed by atoms with Gasteiger partial charge >= 0.3 is 6.36 Å². The number of amides is 2. The van der Waals surface area contributed by atoms with Crippen molar-refractivity contribution in [2.75, 3.05) is 4.90 Å². The number of fused-ring (bicyclic) bond motifs is 2. The number of nitrogens with zero attached hydrogens (tertiary/aromatic N) is 2. The lowest BCUT2D eigenvalue weighted by Crippen LogP contribution is -2.65. The van der Waals surface area contributed by atoms with Crippen molar-refractivity contribution in [3.05, 3.63) is 47.1 Å². The van der Waals surface area contributed by atoms with Gasteiger partial charge in [0.05, 0.1) is 11.6 Å². The van der Waals surface area contributed by atoms with Crippen molar-refractivity contribution >= 4 is 29.2 Å². The van der Waals surface area contributed by atoms with Gasteiger partial charge in [-0.25, -0.2) is 13.8 Å². The first kappa shape index (κ1) is 29.2. The molecule has 2 N–H and O–H groups in total. The third kappa shape index (κ3) is 6.00. The fraction of sp³-hybridized carbons (Fsp3) is 0.519. The van der Waals surface area contributed by atoms with Gasteiger partial charge in [0.2, 0.25) is 0 Å². The number of halogens is 6. The third-order valence-electron chi connectivity index (χ3n) is 7.63. The minimum atomic E-state index is -5.02. The number of rotatable bonds is 8. The summed E-state index contributed by atoms with van der Waals surface area (Å²) in [5.41, 5.74) is -2.55. The van der Waals surface area contributed by atoms with Crippen LogP contribution in [0.25, 0.3) is 0 Å². The number of hydrogen-bond acceptors (Lipinski definition) is 6. The number of alkyl halides is 5. The molecule has 2 saturated heterocycles. The smallest absolute Gasteiger partial charge is 0.474 e. The largest absolute Gasteiger partial charge is 0.573 e. The minimum Gasteiger partial charge on any atom is -0.474 e. The topological polar surface area (TPSA) is 92.8 Å². The molecule has 0 radical (unpaired) electrons. The number of ether oxygens (including phenoxy) is 2. The summed E-state index contributed by atoms with van der Waals surface area (Å²) in [6, 6.07) is 5.13. The van der Waals surface area contributed by atoms with Crippen LogP contribution >= 0.6 is 11.6 Å². The van der Waals surface area contributed by atoms with Gasteiger partial charge in [-0.3, -0.25) is 9.59 Å². The molecular formula is C27H28ClF5N4O4. The summed E-state index contributed by atoms with van der Waals surface area (Å²) < 4.78 is 75.7. The molecule has 222 valence electrons. The molecule has 14 heteroatoms. The number of pyridine rings is 1. The summed E-state index contributed by atoms with van der Waals surface area (Å²) >= 11 is 5.85. The van der Waals surface area contributed by atoms with Gasteiger partial charge in [-0.2, -0.15) is 0 Å². The van der Waals surface area contributed by atoms with Crippen molar-refractivity contribution < 1.29 is 41.0 Å². The first-order chi connectivity index (χ1) is 19.1. The average molecular weight is 603 g/mol. The first-order valence-electron chi connectivity index (χ1n) is 13.1. The Labute approximate surface area is 237 Å². The van der Waals surface area contributed by atoms with E-state index in [0.717, 1.165) is 18.9 Å². The molecule has 3 fully saturated rings. The third-order valence-corrected chi connectivity index (χ3v) is 7.86. The lowest BCUT2D eigenvalue weighted by molar-refractivity contribution is -0.275. The van der Waals surface area contributed by atoms with Gasteiger partial charge in [0.15, 0.2) is 17.1 Å². The Morgan fingerprint density at radius 1 is 1.10 bits per heavy atom. The predicted molar refractivity (Wildman–Crippen MR) is 138 cm³/mol. The van der Waals surface area contributed by atoms with Gasteiger partial charge in [-0.05, 0) is 70.2 Å². The maximum absolute atomic E-state index is 13.7. The van der Waals surface area contributed by atoms with Gasteiger partial charge in [0, 0.05) is 29.7 Å². The van der Waals surface area contributed by atoms with E-state index in [-0.39, 0.29) is 28.2 Å². The van der Waals surface area contributed by atoms with E-state index in [2.05, 4.69) is 20.4 Å². The molecule has 1 aromatic carbocycles. The fourth-order valence-electron chi connectivity index (χ4n) is 5.54. The lowest BCUT2D eigenvalue weighted by atomic mass is 9.94. The number of carbonyl (C=O) groups is 2. The Morgan fingerprint density at radius 2 is 1.83 bits per heavy atom. The second-order valence-corrected chi connectivity index (χ2v) is 11.5. The molecule has 8 nitrogen and oxygen atoms in total. The van der Waals surface area contributed by atoms with Crippen LogP contribution in [0.3, 0.4) is 0 Å². The zero-order valence-corrected chi connectivity index (χ0v) is 22.9. The number of nitrogens with one attached hydrogen (secondary N) is 2. The Kier molecular flexibility index (Phi) is 7.24. The maximum atomic E-state index is 13.7. The molecule has 3 unspecified atom stereocenters. The number of aromatic nitrogens is 1. The summed E-state index contributed by atoms with van der Waals surface area (Å²) in [4.78, 5) is 33.0. The van der Waals surface area contributed by atoms with E-state index in [0.29, 0.717) is 19.3 Å². The van der Waals surface area contributed by atoms with Crippen molar-refractivity contribution in [3.8, 4) is 11.5 Å². The Hall–Kier alpha value is -3.35. The van der Waals surface area contributed by atoms with Crippen molar-refractivity contribution in [3.63, 3.8) is 0 Å². The molecule has 5 rings (SSSR count). The molecule has 1 saturated carbocycles. The SMILES string of the molecule is CC(C)(Oc1ccc(Cl)cc1OC(F)(F)F)C(=O)NC12CCCC(CC1)N2c1ncccc1C(=O)NC1CC1(F)F. The van der Waals surface area contributed by atoms with Gasteiger partial charge in [-0.1, -0.05) is 11.6 Å². The van der Waals surface area contributed by atoms with E-state index in [1.807, 2.05) is 4.90 Å². The second-order valence-electron chi connectivity index (χ2n) is 11.1. The molecular weight excluding hydrogens is 575 g/mol. The highest BCUT2D eigenvalue weighted by Gasteiger charge is 2.58. The Bertz CT molecular complexity index is 1350. The van der Waals surface area contributed by atoms with E-state index in [1.165, 1.54) is 44.3 Å². The Morgan fingerprint density at radius 3 is 2.51 bits per heavy atom. The van der Waals surface area contributed by atoms with Gasteiger partial charge in [-0.15, -0.1) is 13.2 Å². The van der Waals surface area contributed by atoms with Crippen LogP contribution in [-0.2, 0) is 4.79 Å². The van der Waals surface area contributed by atoms with Crippen LogP contribution < -0.4 is 25.0 Å². The molecule has 3 aliphatic rings. The molecule has 1 aromatic heterocycles. The van der Waals surface area contributed by atoms with E-state index in [1.54, 1.807) is 0 Å².